The molecule has 0 aliphatic carbocycles. The molecule has 0 aliphatic heterocycles. The van der Waals surface area contributed by atoms with Crippen LogP contribution >= 0.6 is 27.3 Å². The van der Waals surface area contributed by atoms with E-state index in [4.69, 9.17) is 4.74 Å². The number of benzene rings is 2. The first-order chi connectivity index (χ1) is 12.1. The fourth-order valence-electron chi connectivity index (χ4n) is 2.40. The number of ether oxygens (including phenoxy) is 1. The van der Waals surface area contributed by atoms with Crippen LogP contribution in [0.1, 0.15) is 22.2 Å². The van der Waals surface area contributed by atoms with E-state index in [-0.39, 0.29) is 5.91 Å². The van der Waals surface area contributed by atoms with Crippen LogP contribution in [0.4, 0.5) is 5.13 Å². The van der Waals surface area contributed by atoms with Gasteiger partial charge in [-0.25, -0.2) is 4.98 Å². The van der Waals surface area contributed by atoms with Crippen LogP contribution in [0.15, 0.2) is 53.0 Å². The summed E-state index contributed by atoms with van der Waals surface area (Å²) < 4.78 is 6.22. The molecule has 1 amide bonds. The van der Waals surface area contributed by atoms with Crippen molar-refractivity contribution in [1.82, 2.24) is 4.98 Å². The number of aryl methyl sites for hydroxylation is 1. The summed E-state index contributed by atoms with van der Waals surface area (Å²) in [6, 6.07) is 15.1. The van der Waals surface area contributed by atoms with E-state index in [0.29, 0.717) is 17.3 Å². The largest absolute Gasteiger partial charge is 0.494 e. The Labute approximate surface area is 159 Å². The van der Waals surface area contributed by atoms with Crippen molar-refractivity contribution in [2.75, 3.05) is 11.9 Å². The standard InChI is InChI=1S/C19H17BrN2O2S/c1-3-24-14-10-8-13(9-11-14)17-12(2)25-19(21-17)22-18(23)15-6-4-5-7-16(15)20/h4-11H,3H2,1-2H3,(H,21,22,23). The maximum absolute atomic E-state index is 12.4. The molecule has 2 aromatic carbocycles. The summed E-state index contributed by atoms with van der Waals surface area (Å²) in [7, 11) is 0. The number of nitrogens with zero attached hydrogens (tertiary/aromatic N) is 1. The van der Waals surface area contributed by atoms with Gasteiger partial charge in [-0.05, 0) is 66.2 Å². The Balaban J connectivity index is 1.80. The number of carbonyl (C=O) groups is 1. The molecule has 0 spiro atoms. The van der Waals surface area contributed by atoms with Gasteiger partial charge in [0.05, 0.1) is 17.9 Å². The minimum atomic E-state index is -0.181. The molecule has 0 bridgehead atoms. The zero-order valence-corrected chi connectivity index (χ0v) is 16.3. The Bertz CT molecular complexity index is 891. The van der Waals surface area contributed by atoms with Crippen molar-refractivity contribution in [3.05, 3.63) is 63.4 Å². The summed E-state index contributed by atoms with van der Waals surface area (Å²) in [5.41, 5.74) is 2.45. The Morgan fingerprint density at radius 1 is 1.20 bits per heavy atom. The van der Waals surface area contributed by atoms with Gasteiger partial charge in [-0.1, -0.05) is 12.1 Å². The fourth-order valence-corrected chi connectivity index (χ4v) is 3.70. The maximum Gasteiger partial charge on any atom is 0.258 e. The lowest BCUT2D eigenvalue weighted by Gasteiger charge is -2.04. The van der Waals surface area contributed by atoms with E-state index in [2.05, 4.69) is 26.2 Å². The van der Waals surface area contributed by atoms with Gasteiger partial charge >= 0.3 is 0 Å². The highest BCUT2D eigenvalue weighted by atomic mass is 79.9. The molecule has 6 heteroatoms. The molecule has 1 heterocycles. The normalized spacial score (nSPS) is 10.5. The number of thiazole rings is 1. The second kappa shape index (κ2) is 7.80. The van der Waals surface area contributed by atoms with Gasteiger partial charge in [-0.2, -0.15) is 0 Å². The third-order valence-corrected chi connectivity index (χ3v) is 5.15. The molecule has 4 nitrogen and oxygen atoms in total. The van der Waals surface area contributed by atoms with E-state index in [9.17, 15) is 4.79 Å². The zero-order chi connectivity index (χ0) is 17.8. The Morgan fingerprint density at radius 2 is 1.92 bits per heavy atom. The van der Waals surface area contributed by atoms with Crippen LogP contribution in [0, 0.1) is 6.92 Å². The van der Waals surface area contributed by atoms with Crippen LogP contribution in [0.5, 0.6) is 5.75 Å². The van der Waals surface area contributed by atoms with E-state index in [1.807, 2.05) is 56.3 Å². The minimum absolute atomic E-state index is 0.181. The third-order valence-electron chi connectivity index (χ3n) is 3.57. The van der Waals surface area contributed by atoms with Crippen LogP contribution in [0.2, 0.25) is 0 Å². The number of nitrogens with one attached hydrogen (secondary N) is 1. The molecule has 0 radical (unpaired) electrons. The van der Waals surface area contributed by atoms with E-state index < -0.39 is 0 Å². The van der Waals surface area contributed by atoms with Crippen LogP contribution in [0.3, 0.4) is 0 Å². The summed E-state index contributed by atoms with van der Waals surface area (Å²) >= 11 is 4.86. The van der Waals surface area contributed by atoms with Gasteiger partial charge in [0, 0.05) is 14.9 Å². The quantitative estimate of drug-likeness (QED) is 0.594. The molecule has 0 aliphatic rings. The molecular formula is C19H17BrN2O2S. The van der Waals surface area contributed by atoms with Crippen molar-refractivity contribution in [2.24, 2.45) is 0 Å². The Kier molecular flexibility index (Phi) is 5.50. The zero-order valence-electron chi connectivity index (χ0n) is 13.9. The minimum Gasteiger partial charge on any atom is -0.494 e. The summed E-state index contributed by atoms with van der Waals surface area (Å²) in [4.78, 5) is 18.0. The fraction of sp³-hybridized carbons (Fsp3) is 0.158. The summed E-state index contributed by atoms with van der Waals surface area (Å²) in [6.07, 6.45) is 0. The Morgan fingerprint density at radius 3 is 2.60 bits per heavy atom. The molecule has 1 aromatic heterocycles. The number of hydrogen-bond acceptors (Lipinski definition) is 4. The molecule has 0 atom stereocenters. The first-order valence-electron chi connectivity index (χ1n) is 7.85. The van der Waals surface area contributed by atoms with Crippen LogP contribution in [-0.2, 0) is 0 Å². The number of anilines is 1. The van der Waals surface area contributed by atoms with Crippen molar-refractivity contribution >= 4 is 38.3 Å². The van der Waals surface area contributed by atoms with E-state index in [1.165, 1.54) is 11.3 Å². The van der Waals surface area contributed by atoms with E-state index in [1.54, 1.807) is 6.07 Å². The van der Waals surface area contributed by atoms with Gasteiger partial charge < -0.3 is 4.74 Å². The highest BCUT2D eigenvalue weighted by molar-refractivity contribution is 9.10. The molecule has 0 saturated carbocycles. The van der Waals surface area contributed by atoms with Crippen molar-refractivity contribution in [1.29, 1.82) is 0 Å². The van der Waals surface area contributed by atoms with Gasteiger partial charge in [0.1, 0.15) is 5.75 Å². The van der Waals surface area contributed by atoms with E-state index in [0.717, 1.165) is 26.4 Å². The average molecular weight is 417 g/mol. The highest BCUT2D eigenvalue weighted by Gasteiger charge is 2.14. The van der Waals surface area contributed by atoms with Crippen molar-refractivity contribution < 1.29 is 9.53 Å². The number of carbonyl (C=O) groups excluding carboxylic acids is 1. The van der Waals surface area contributed by atoms with Crippen molar-refractivity contribution in [3.8, 4) is 17.0 Å². The predicted molar refractivity (Wildman–Crippen MR) is 106 cm³/mol. The molecule has 0 fully saturated rings. The highest BCUT2D eigenvalue weighted by Crippen LogP contribution is 2.31. The smallest absolute Gasteiger partial charge is 0.258 e. The predicted octanol–water partition coefficient (Wildman–Crippen LogP) is 5.53. The molecule has 0 unspecified atom stereocenters. The number of amides is 1. The summed E-state index contributed by atoms with van der Waals surface area (Å²) in [5, 5.41) is 3.46. The van der Waals surface area contributed by atoms with Gasteiger partial charge in [0.2, 0.25) is 0 Å². The first kappa shape index (κ1) is 17.6. The van der Waals surface area contributed by atoms with Gasteiger partial charge in [0.25, 0.3) is 5.91 Å². The number of halogens is 1. The topological polar surface area (TPSA) is 51.2 Å². The monoisotopic (exact) mass is 416 g/mol. The SMILES string of the molecule is CCOc1ccc(-c2nc(NC(=O)c3ccccc3Br)sc2C)cc1. The lowest BCUT2D eigenvalue weighted by atomic mass is 10.1. The molecule has 0 saturated heterocycles. The summed E-state index contributed by atoms with van der Waals surface area (Å²) in [6.45, 7) is 4.59. The van der Waals surface area contributed by atoms with Crippen LogP contribution in [-0.4, -0.2) is 17.5 Å². The number of rotatable bonds is 5. The maximum atomic E-state index is 12.4. The van der Waals surface area contributed by atoms with E-state index >= 15 is 0 Å². The van der Waals surface area contributed by atoms with Crippen LogP contribution in [0.25, 0.3) is 11.3 Å². The molecule has 3 rings (SSSR count). The van der Waals surface area contributed by atoms with Gasteiger partial charge in [-0.15, -0.1) is 11.3 Å². The second-order valence-corrected chi connectivity index (χ2v) is 7.37. The lowest BCUT2D eigenvalue weighted by molar-refractivity contribution is 0.102. The lowest BCUT2D eigenvalue weighted by Crippen LogP contribution is -2.12. The van der Waals surface area contributed by atoms with Crippen LogP contribution < -0.4 is 10.1 Å². The van der Waals surface area contributed by atoms with Gasteiger partial charge in [-0.3, -0.25) is 10.1 Å². The molecule has 3 aromatic rings. The molecule has 25 heavy (non-hydrogen) atoms. The number of aromatic nitrogens is 1. The molecule has 128 valence electrons. The average Bonchev–Trinajstić information content (AvgIpc) is 2.96. The first-order valence-corrected chi connectivity index (χ1v) is 9.46. The Hall–Kier alpha value is -2.18. The van der Waals surface area contributed by atoms with Crippen molar-refractivity contribution in [3.63, 3.8) is 0 Å². The third kappa shape index (κ3) is 4.08. The number of hydrogen-bond donors (Lipinski definition) is 1. The van der Waals surface area contributed by atoms with Gasteiger partial charge in [0.15, 0.2) is 5.13 Å². The summed E-state index contributed by atoms with van der Waals surface area (Å²) in [5.74, 6) is 0.654. The molecular weight excluding hydrogens is 400 g/mol. The molecule has 1 N–H and O–H groups in total. The van der Waals surface area contributed by atoms with Crippen molar-refractivity contribution in [2.45, 2.75) is 13.8 Å². The second-order valence-electron chi connectivity index (χ2n) is 5.32.